The number of urea groups is 1. The Morgan fingerprint density at radius 2 is 2.04 bits per heavy atom. The molecule has 4 amide bonds. The number of imide groups is 1. The van der Waals surface area contributed by atoms with Crippen molar-refractivity contribution in [3.8, 4) is 0 Å². The average molecular weight is 391 g/mol. The van der Waals surface area contributed by atoms with Gasteiger partial charge >= 0.3 is 12.0 Å². The van der Waals surface area contributed by atoms with E-state index < -0.39 is 35.4 Å². The van der Waals surface area contributed by atoms with Crippen molar-refractivity contribution in [2.45, 2.75) is 30.7 Å². The van der Waals surface area contributed by atoms with Gasteiger partial charge < -0.3 is 15.0 Å². The average Bonchev–Trinajstić information content (AvgIpc) is 3.20. The van der Waals surface area contributed by atoms with Crippen LogP contribution in [0.5, 0.6) is 0 Å². The summed E-state index contributed by atoms with van der Waals surface area (Å²) in [5.74, 6) is -1.06. The van der Waals surface area contributed by atoms with Crippen LogP contribution >= 0.6 is 11.8 Å². The highest BCUT2D eigenvalue weighted by molar-refractivity contribution is 8.00. The number of amides is 4. The Balaban J connectivity index is 1.65. The van der Waals surface area contributed by atoms with Crippen LogP contribution < -0.4 is 10.6 Å². The van der Waals surface area contributed by atoms with E-state index in [0.29, 0.717) is 25.1 Å². The van der Waals surface area contributed by atoms with E-state index in [1.54, 1.807) is 23.6 Å². The summed E-state index contributed by atoms with van der Waals surface area (Å²) >= 11 is 1.54. The largest absolute Gasteiger partial charge is 0.454 e. The van der Waals surface area contributed by atoms with E-state index in [-0.39, 0.29) is 5.91 Å². The number of carbonyl (C=O) groups excluding carboxylic acids is 4. The molecule has 1 aromatic carbocycles. The molecule has 2 saturated heterocycles. The monoisotopic (exact) mass is 391 g/mol. The highest BCUT2D eigenvalue weighted by Gasteiger charge is 2.57. The van der Waals surface area contributed by atoms with Crippen molar-refractivity contribution in [2.24, 2.45) is 0 Å². The third-order valence-corrected chi connectivity index (χ3v) is 6.16. The maximum Gasteiger partial charge on any atom is 0.330 e. The molecule has 27 heavy (non-hydrogen) atoms. The zero-order valence-electron chi connectivity index (χ0n) is 14.9. The van der Waals surface area contributed by atoms with E-state index >= 15 is 0 Å². The van der Waals surface area contributed by atoms with Gasteiger partial charge in [0.1, 0.15) is 10.9 Å². The van der Waals surface area contributed by atoms with Crippen LogP contribution in [0.2, 0.25) is 0 Å². The first kappa shape index (κ1) is 19.2. The van der Waals surface area contributed by atoms with Gasteiger partial charge in [-0.2, -0.15) is 0 Å². The SMILES string of the molecule is CCNC(=O)NC(=O)COC(=O)[C@@H]1CS[C@]2(c3ccccc3)CCC(=O)N12. The summed E-state index contributed by atoms with van der Waals surface area (Å²) in [6.45, 7) is 1.52. The number of hydrogen-bond acceptors (Lipinski definition) is 6. The Hall–Kier alpha value is -2.55. The van der Waals surface area contributed by atoms with Gasteiger partial charge in [0.05, 0.1) is 0 Å². The molecule has 0 radical (unpaired) electrons. The summed E-state index contributed by atoms with van der Waals surface area (Å²) in [4.78, 5) is 49.0. The Bertz CT molecular complexity index is 757. The molecule has 2 atom stereocenters. The number of rotatable bonds is 5. The lowest BCUT2D eigenvalue weighted by Crippen LogP contribution is -2.47. The van der Waals surface area contributed by atoms with Crippen LogP contribution in [-0.4, -0.2) is 53.7 Å². The summed E-state index contributed by atoms with van der Waals surface area (Å²) in [5, 5.41) is 4.47. The molecule has 2 aliphatic rings. The van der Waals surface area contributed by atoms with Crippen molar-refractivity contribution in [1.82, 2.24) is 15.5 Å². The fraction of sp³-hybridized carbons (Fsp3) is 0.444. The molecule has 0 saturated carbocycles. The number of nitrogens with zero attached hydrogens (tertiary/aromatic N) is 1. The second-order valence-corrected chi connectivity index (χ2v) is 7.55. The molecule has 0 aliphatic carbocycles. The first-order valence-corrected chi connectivity index (χ1v) is 9.72. The predicted octanol–water partition coefficient (Wildman–Crippen LogP) is 0.966. The fourth-order valence-corrected chi connectivity index (χ4v) is 5.05. The van der Waals surface area contributed by atoms with Gasteiger partial charge in [-0.15, -0.1) is 11.8 Å². The van der Waals surface area contributed by atoms with E-state index in [1.807, 2.05) is 30.3 Å². The molecule has 2 aliphatic heterocycles. The van der Waals surface area contributed by atoms with Crippen molar-refractivity contribution in [3.05, 3.63) is 35.9 Å². The number of nitrogens with one attached hydrogen (secondary N) is 2. The van der Waals surface area contributed by atoms with Crippen LogP contribution in [0, 0.1) is 0 Å². The second-order valence-electron chi connectivity index (χ2n) is 6.26. The van der Waals surface area contributed by atoms with Gasteiger partial charge in [-0.3, -0.25) is 14.9 Å². The molecular weight excluding hydrogens is 370 g/mol. The van der Waals surface area contributed by atoms with E-state index in [1.165, 1.54) is 0 Å². The summed E-state index contributed by atoms with van der Waals surface area (Å²) in [6, 6.07) is 8.22. The standard InChI is InChI=1S/C18H21N3O5S/c1-2-19-17(25)20-14(22)10-26-16(24)13-11-27-18(9-8-15(23)21(13)18)12-6-4-3-5-7-12/h3-7,13H,2,8-11H2,1H3,(H2,19,20,22,25)/t13-,18-/m0/s1. The lowest BCUT2D eigenvalue weighted by molar-refractivity contribution is -0.156. The minimum atomic E-state index is -0.748. The molecule has 0 spiro atoms. The second kappa shape index (κ2) is 7.99. The Kier molecular flexibility index (Phi) is 5.69. The molecule has 2 fully saturated rings. The van der Waals surface area contributed by atoms with E-state index in [2.05, 4.69) is 10.6 Å². The van der Waals surface area contributed by atoms with Crippen molar-refractivity contribution in [1.29, 1.82) is 0 Å². The van der Waals surface area contributed by atoms with Gasteiger partial charge in [0.25, 0.3) is 5.91 Å². The third-order valence-electron chi connectivity index (χ3n) is 4.56. The van der Waals surface area contributed by atoms with E-state index in [9.17, 15) is 19.2 Å². The molecule has 1 aromatic rings. The predicted molar refractivity (Wildman–Crippen MR) is 98.6 cm³/mol. The van der Waals surface area contributed by atoms with Gasteiger partial charge in [0.15, 0.2) is 6.61 Å². The number of carbonyl (C=O) groups is 4. The van der Waals surface area contributed by atoms with Gasteiger partial charge in [-0.25, -0.2) is 9.59 Å². The summed E-state index contributed by atoms with van der Waals surface area (Å²) in [5.41, 5.74) is 0.977. The smallest absolute Gasteiger partial charge is 0.330 e. The van der Waals surface area contributed by atoms with Gasteiger partial charge in [-0.1, -0.05) is 30.3 Å². The molecule has 9 heteroatoms. The molecule has 0 unspecified atom stereocenters. The number of ether oxygens (including phenoxy) is 1. The Morgan fingerprint density at radius 1 is 1.30 bits per heavy atom. The summed E-state index contributed by atoms with van der Waals surface area (Å²) in [7, 11) is 0. The number of fused-ring (bicyclic) bond motifs is 1. The van der Waals surface area contributed by atoms with Crippen LogP contribution in [0.25, 0.3) is 0 Å². The lowest BCUT2D eigenvalue weighted by atomic mass is 10.0. The van der Waals surface area contributed by atoms with Gasteiger partial charge in [0, 0.05) is 18.7 Å². The highest BCUT2D eigenvalue weighted by atomic mass is 32.2. The van der Waals surface area contributed by atoms with Gasteiger partial charge in [-0.05, 0) is 18.9 Å². The van der Waals surface area contributed by atoms with E-state index in [4.69, 9.17) is 4.74 Å². The van der Waals surface area contributed by atoms with Crippen LogP contribution in [0.3, 0.4) is 0 Å². The molecule has 0 bridgehead atoms. The molecular formula is C18H21N3O5S. The summed E-state index contributed by atoms with van der Waals surface area (Å²) < 4.78 is 5.07. The number of thioether (sulfide) groups is 1. The van der Waals surface area contributed by atoms with E-state index in [0.717, 1.165) is 5.56 Å². The molecule has 2 N–H and O–H groups in total. The zero-order chi connectivity index (χ0) is 19.4. The minimum Gasteiger partial charge on any atom is -0.454 e. The topological polar surface area (TPSA) is 105 Å². The maximum absolute atomic E-state index is 12.5. The molecule has 3 rings (SSSR count). The first-order valence-electron chi connectivity index (χ1n) is 8.74. The van der Waals surface area contributed by atoms with Crippen molar-refractivity contribution in [3.63, 3.8) is 0 Å². The Labute approximate surface area is 161 Å². The third kappa shape index (κ3) is 3.78. The summed E-state index contributed by atoms with van der Waals surface area (Å²) in [6.07, 6.45) is 0.991. The number of esters is 1. The molecule has 0 aromatic heterocycles. The minimum absolute atomic E-state index is 0.0995. The quantitative estimate of drug-likeness (QED) is 0.725. The van der Waals surface area contributed by atoms with Crippen molar-refractivity contribution < 1.29 is 23.9 Å². The first-order chi connectivity index (χ1) is 13.0. The fourth-order valence-electron chi connectivity index (χ4n) is 3.42. The molecule has 8 nitrogen and oxygen atoms in total. The van der Waals surface area contributed by atoms with Gasteiger partial charge in [0.2, 0.25) is 5.91 Å². The van der Waals surface area contributed by atoms with Crippen molar-refractivity contribution in [2.75, 3.05) is 18.9 Å². The molecule has 2 heterocycles. The molecule has 144 valence electrons. The van der Waals surface area contributed by atoms with Crippen LogP contribution in [0.15, 0.2) is 30.3 Å². The zero-order valence-corrected chi connectivity index (χ0v) is 15.7. The lowest BCUT2D eigenvalue weighted by Gasteiger charge is -2.33. The van der Waals surface area contributed by atoms with Crippen LogP contribution in [-0.2, 0) is 24.0 Å². The normalized spacial score (nSPS) is 23.7. The number of benzene rings is 1. The highest BCUT2D eigenvalue weighted by Crippen LogP contribution is 2.54. The van der Waals surface area contributed by atoms with Crippen LogP contribution in [0.4, 0.5) is 4.79 Å². The van der Waals surface area contributed by atoms with Crippen molar-refractivity contribution >= 4 is 35.6 Å². The van der Waals surface area contributed by atoms with Crippen LogP contribution in [0.1, 0.15) is 25.3 Å². The Morgan fingerprint density at radius 3 is 2.74 bits per heavy atom. The number of hydrogen-bond donors (Lipinski definition) is 2. The maximum atomic E-state index is 12.5.